The molecule has 0 spiro atoms. The highest BCUT2D eigenvalue weighted by Crippen LogP contribution is 2.34. The molecule has 8 heteroatoms. The van der Waals surface area contributed by atoms with Crippen molar-refractivity contribution in [1.82, 2.24) is 14.9 Å². The van der Waals surface area contributed by atoms with Crippen molar-refractivity contribution in [3.05, 3.63) is 35.7 Å². The fourth-order valence-corrected chi connectivity index (χ4v) is 3.39. The monoisotopic (exact) mass is 310 g/mol. The zero-order valence-corrected chi connectivity index (χ0v) is 12.4. The molecule has 0 saturated heterocycles. The smallest absolute Gasteiger partial charge is 0.221 e. The van der Waals surface area contributed by atoms with E-state index in [1.165, 1.54) is 27.2 Å². The third-order valence-electron chi connectivity index (χ3n) is 2.48. The standard InChI is InChI=1S/C11H10N4OS3/c1-7-2-4-8(5-3-7)16-6-9-12-13-10-15(9)14-11(17)19-18-10/h2-5H,6H2,1H3,(H,14,17). The van der Waals surface area contributed by atoms with Crippen LogP contribution in [0.1, 0.15) is 11.4 Å². The van der Waals surface area contributed by atoms with Gasteiger partial charge in [0.25, 0.3) is 0 Å². The summed E-state index contributed by atoms with van der Waals surface area (Å²) in [5, 5.41) is 8.95. The van der Waals surface area contributed by atoms with Crippen LogP contribution in [0.4, 0.5) is 0 Å². The Morgan fingerprint density at radius 2 is 2.05 bits per heavy atom. The summed E-state index contributed by atoms with van der Waals surface area (Å²) in [6, 6.07) is 7.89. The molecule has 1 aromatic carbocycles. The van der Waals surface area contributed by atoms with Gasteiger partial charge in [-0.3, -0.25) is 5.43 Å². The van der Waals surface area contributed by atoms with Gasteiger partial charge in [-0.05, 0) is 40.6 Å². The maximum atomic E-state index is 5.68. The van der Waals surface area contributed by atoms with Gasteiger partial charge in [-0.1, -0.05) is 29.9 Å². The first-order chi connectivity index (χ1) is 9.22. The van der Waals surface area contributed by atoms with Crippen LogP contribution in [0.25, 0.3) is 0 Å². The molecule has 3 rings (SSSR count). The number of hydrogen-bond acceptors (Lipinski definition) is 6. The minimum absolute atomic E-state index is 0.344. The summed E-state index contributed by atoms with van der Waals surface area (Å²) >= 11 is 5.11. The molecule has 98 valence electrons. The molecule has 0 fully saturated rings. The Kier molecular flexibility index (Phi) is 3.63. The van der Waals surface area contributed by atoms with Gasteiger partial charge < -0.3 is 4.74 Å². The third kappa shape index (κ3) is 2.85. The second-order valence-electron chi connectivity index (χ2n) is 3.90. The van der Waals surface area contributed by atoms with Gasteiger partial charge in [0.15, 0.2) is 10.1 Å². The van der Waals surface area contributed by atoms with Crippen molar-refractivity contribution in [2.75, 3.05) is 5.43 Å². The van der Waals surface area contributed by atoms with Gasteiger partial charge in [-0.25, -0.2) is 4.68 Å². The molecule has 5 nitrogen and oxygen atoms in total. The Morgan fingerprint density at radius 1 is 1.26 bits per heavy atom. The van der Waals surface area contributed by atoms with E-state index in [1.54, 1.807) is 4.68 Å². The molecule has 0 unspecified atom stereocenters. The van der Waals surface area contributed by atoms with E-state index in [4.69, 9.17) is 17.0 Å². The fraction of sp³-hybridized carbons (Fsp3) is 0.182. The zero-order chi connectivity index (χ0) is 13.2. The summed E-state index contributed by atoms with van der Waals surface area (Å²) in [5.41, 5.74) is 4.24. The van der Waals surface area contributed by atoms with E-state index >= 15 is 0 Å². The highest BCUT2D eigenvalue weighted by molar-refractivity contribution is 8.83. The number of ether oxygens (including phenoxy) is 1. The van der Waals surface area contributed by atoms with Crippen molar-refractivity contribution in [1.29, 1.82) is 0 Å². The van der Waals surface area contributed by atoms with Gasteiger partial charge in [0.05, 0.1) is 0 Å². The maximum Gasteiger partial charge on any atom is 0.221 e. The van der Waals surface area contributed by atoms with E-state index < -0.39 is 0 Å². The van der Waals surface area contributed by atoms with Gasteiger partial charge in [-0.2, -0.15) is 0 Å². The number of benzene rings is 1. The van der Waals surface area contributed by atoms with Crippen molar-refractivity contribution >= 4 is 38.1 Å². The van der Waals surface area contributed by atoms with Crippen LogP contribution in [0, 0.1) is 6.92 Å². The summed E-state index contributed by atoms with van der Waals surface area (Å²) < 4.78 is 8.13. The maximum absolute atomic E-state index is 5.68. The minimum atomic E-state index is 0.344. The molecule has 19 heavy (non-hydrogen) atoms. The van der Waals surface area contributed by atoms with Gasteiger partial charge in [0.1, 0.15) is 12.4 Å². The number of nitrogens with zero attached hydrogens (tertiary/aromatic N) is 3. The Bertz CT molecular complexity index is 611. The van der Waals surface area contributed by atoms with Crippen LogP contribution in [0.5, 0.6) is 5.75 Å². The minimum Gasteiger partial charge on any atom is -0.486 e. The number of fused-ring (bicyclic) bond motifs is 1. The molecule has 0 saturated carbocycles. The van der Waals surface area contributed by atoms with E-state index in [-0.39, 0.29) is 0 Å². The molecule has 1 N–H and O–H groups in total. The lowest BCUT2D eigenvalue weighted by molar-refractivity contribution is 0.291. The van der Waals surface area contributed by atoms with Crippen LogP contribution in [-0.4, -0.2) is 19.2 Å². The van der Waals surface area contributed by atoms with Gasteiger partial charge in [0.2, 0.25) is 5.16 Å². The van der Waals surface area contributed by atoms with E-state index in [0.29, 0.717) is 16.8 Å². The average Bonchev–Trinajstić information content (AvgIpc) is 2.80. The molecule has 1 aliphatic heterocycles. The third-order valence-corrected chi connectivity index (χ3v) is 5.08. The predicted octanol–water partition coefficient (Wildman–Crippen LogP) is 2.75. The summed E-state index contributed by atoms with van der Waals surface area (Å²) in [6.45, 7) is 2.38. The van der Waals surface area contributed by atoms with Crippen molar-refractivity contribution in [3.8, 4) is 5.75 Å². The topological polar surface area (TPSA) is 52.0 Å². The molecule has 2 heterocycles. The molecular weight excluding hydrogens is 300 g/mol. The number of nitrogens with one attached hydrogen (secondary N) is 1. The lowest BCUT2D eigenvalue weighted by Crippen LogP contribution is -2.24. The van der Waals surface area contributed by atoms with Gasteiger partial charge in [0, 0.05) is 0 Å². The Morgan fingerprint density at radius 3 is 2.84 bits per heavy atom. The summed E-state index contributed by atoms with van der Waals surface area (Å²) in [5.74, 6) is 1.51. The van der Waals surface area contributed by atoms with E-state index in [0.717, 1.165) is 10.9 Å². The SMILES string of the molecule is Cc1ccc(OCc2nnc3n2NC(=S)SS3)cc1. The van der Waals surface area contributed by atoms with Crippen LogP contribution >= 0.6 is 33.8 Å². The Hall–Kier alpha value is -1.25. The molecule has 1 aliphatic rings. The Labute approximate surface area is 123 Å². The van der Waals surface area contributed by atoms with E-state index in [1.807, 2.05) is 31.2 Å². The quantitative estimate of drug-likeness (QED) is 0.691. The number of rotatable bonds is 3. The normalized spacial score (nSPS) is 13.8. The van der Waals surface area contributed by atoms with Crippen molar-refractivity contribution in [2.45, 2.75) is 18.7 Å². The van der Waals surface area contributed by atoms with Crippen LogP contribution in [0.3, 0.4) is 0 Å². The lowest BCUT2D eigenvalue weighted by atomic mass is 10.2. The van der Waals surface area contributed by atoms with Gasteiger partial charge >= 0.3 is 0 Å². The lowest BCUT2D eigenvalue weighted by Gasteiger charge is -2.16. The van der Waals surface area contributed by atoms with Crippen molar-refractivity contribution in [2.24, 2.45) is 0 Å². The number of aromatic nitrogens is 3. The first kappa shape index (κ1) is 12.8. The molecular formula is C11H10N4OS3. The second kappa shape index (κ2) is 5.40. The van der Waals surface area contributed by atoms with Crippen LogP contribution in [0.2, 0.25) is 0 Å². The summed E-state index contributed by atoms with van der Waals surface area (Å²) in [4.78, 5) is 0. The molecule has 0 radical (unpaired) electrons. The largest absolute Gasteiger partial charge is 0.486 e. The first-order valence-corrected chi connectivity index (χ1v) is 8.07. The van der Waals surface area contributed by atoms with Crippen LogP contribution in [-0.2, 0) is 6.61 Å². The predicted molar refractivity (Wildman–Crippen MR) is 80.9 cm³/mol. The highest BCUT2D eigenvalue weighted by atomic mass is 33.1. The number of hydrogen-bond donors (Lipinski definition) is 1. The van der Waals surface area contributed by atoms with E-state index in [2.05, 4.69) is 15.6 Å². The zero-order valence-electron chi connectivity index (χ0n) is 9.99. The first-order valence-electron chi connectivity index (χ1n) is 5.51. The number of aryl methyl sites for hydroxylation is 1. The molecule has 1 aromatic heterocycles. The molecule has 0 bridgehead atoms. The molecule has 0 aliphatic carbocycles. The molecule has 2 aromatic rings. The Balaban J connectivity index is 1.72. The number of thiocarbonyl (C=S) groups is 1. The van der Waals surface area contributed by atoms with Crippen molar-refractivity contribution < 1.29 is 4.74 Å². The molecule has 0 amide bonds. The molecule has 0 atom stereocenters. The van der Waals surface area contributed by atoms with Crippen LogP contribution in [0.15, 0.2) is 29.4 Å². The van der Waals surface area contributed by atoms with E-state index in [9.17, 15) is 0 Å². The van der Waals surface area contributed by atoms with Gasteiger partial charge in [-0.15, -0.1) is 10.2 Å². The van der Waals surface area contributed by atoms with Crippen molar-refractivity contribution in [3.63, 3.8) is 0 Å². The average molecular weight is 310 g/mol. The fourth-order valence-electron chi connectivity index (χ4n) is 1.53. The highest BCUT2D eigenvalue weighted by Gasteiger charge is 2.20. The summed E-state index contributed by atoms with van der Waals surface area (Å²) in [6.07, 6.45) is 0. The van der Waals surface area contributed by atoms with Crippen LogP contribution < -0.4 is 10.2 Å². The summed E-state index contributed by atoms with van der Waals surface area (Å²) in [7, 11) is 2.95. The second-order valence-corrected chi connectivity index (χ2v) is 6.68.